The van der Waals surface area contributed by atoms with Crippen LogP contribution >= 0.6 is 0 Å². The van der Waals surface area contributed by atoms with E-state index in [1.54, 1.807) is 0 Å². The van der Waals surface area contributed by atoms with Crippen molar-refractivity contribution in [3.8, 4) is 0 Å². The van der Waals surface area contributed by atoms with Gasteiger partial charge in [-0.25, -0.2) is 0 Å². The molecular formula is C11H21N. The Bertz CT molecular complexity index is 132. The number of hydrogen-bond donors (Lipinski definition) is 1. The van der Waals surface area contributed by atoms with Crippen LogP contribution in [0.15, 0.2) is 12.2 Å². The Balaban J connectivity index is 2.04. The van der Waals surface area contributed by atoms with Gasteiger partial charge in [0.2, 0.25) is 0 Å². The molecular weight excluding hydrogens is 146 g/mol. The minimum absolute atomic E-state index is 0.609. The largest absolute Gasteiger partial charge is 0.311 e. The number of nitrogens with one attached hydrogen (secondary N) is 1. The molecule has 0 aromatic carbocycles. The van der Waals surface area contributed by atoms with E-state index in [9.17, 15) is 0 Å². The summed E-state index contributed by atoms with van der Waals surface area (Å²) >= 11 is 0. The van der Waals surface area contributed by atoms with Crippen molar-refractivity contribution in [1.29, 1.82) is 0 Å². The van der Waals surface area contributed by atoms with Crippen molar-refractivity contribution in [3.63, 3.8) is 0 Å². The molecule has 0 saturated heterocycles. The van der Waals surface area contributed by atoms with Gasteiger partial charge in [0.25, 0.3) is 0 Å². The summed E-state index contributed by atoms with van der Waals surface area (Å²) in [6.07, 6.45) is 10.4. The van der Waals surface area contributed by atoms with Gasteiger partial charge in [-0.2, -0.15) is 0 Å². The van der Waals surface area contributed by atoms with Crippen molar-refractivity contribution in [2.24, 2.45) is 5.92 Å². The molecule has 0 spiro atoms. The van der Waals surface area contributed by atoms with Crippen LogP contribution in [-0.4, -0.2) is 12.6 Å². The van der Waals surface area contributed by atoms with Gasteiger partial charge >= 0.3 is 0 Å². The van der Waals surface area contributed by atoms with Crippen LogP contribution < -0.4 is 5.32 Å². The van der Waals surface area contributed by atoms with Crippen LogP contribution in [0.5, 0.6) is 0 Å². The zero-order valence-electron chi connectivity index (χ0n) is 8.34. The molecule has 0 heterocycles. The molecule has 1 nitrogen and oxygen atoms in total. The highest BCUT2D eigenvalue weighted by Gasteiger charge is 2.10. The highest BCUT2D eigenvalue weighted by Crippen LogP contribution is 2.25. The molecule has 0 aliphatic heterocycles. The second-order valence-corrected chi connectivity index (χ2v) is 4.04. The highest BCUT2D eigenvalue weighted by atomic mass is 14.9. The van der Waals surface area contributed by atoms with Gasteiger partial charge < -0.3 is 5.32 Å². The first-order chi connectivity index (χ1) is 5.79. The van der Waals surface area contributed by atoms with E-state index >= 15 is 0 Å². The molecule has 0 atom stereocenters. The summed E-state index contributed by atoms with van der Waals surface area (Å²) in [6, 6.07) is 0.609. The topological polar surface area (TPSA) is 12.0 Å². The maximum atomic E-state index is 3.38. The van der Waals surface area contributed by atoms with E-state index in [1.807, 2.05) is 0 Å². The molecule has 12 heavy (non-hydrogen) atoms. The van der Waals surface area contributed by atoms with E-state index in [-0.39, 0.29) is 0 Å². The zero-order chi connectivity index (χ0) is 8.81. The minimum Gasteiger partial charge on any atom is -0.311 e. The van der Waals surface area contributed by atoms with Crippen LogP contribution in [0.25, 0.3) is 0 Å². The van der Waals surface area contributed by atoms with Crippen LogP contribution in [0.4, 0.5) is 0 Å². The van der Waals surface area contributed by atoms with Gasteiger partial charge in [0.1, 0.15) is 0 Å². The summed E-state index contributed by atoms with van der Waals surface area (Å²) in [5.41, 5.74) is 0. The molecule has 1 aliphatic carbocycles. The maximum Gasteiger partial charge on any atom is 0.0137 e. The minimum atomic E-state index is 0.609. The van der Waals surface area contributed by atoms with E-state index in [0.717, 1.165) is 12.5 Å². The van der Waals surface area contributed by atoms with Gasteiger partial charge in [-0.1, -0.05) is 38.8 Å². The Labute approximate surface area is 76.2 Å². The number of rotatable bonds is 4. The normalized spacial score (nSPS) is 19.9. The molecule has 0 amide bonds. The van der Waals surface area contributed by atoms with Crippen LogP contribution in [0.2, 0.25) is 0 Å². The predicted octanol–water partition coefficient (Wildman–Crippen LogP) is 2.73. The third-order valence-corrected chi connectivity index (χ3v) is 2.45. The predicted molar refractivity (Wildman–Crippen MR) is 54.2 cm³/mol. The van der Waals surface area contributed by atoms with Gasteiger partial charge in [-0.05, 0) is 18.8 Å². The van der Waals surface area contributed by atoms with Crippen LogP contribution in [0.3, 0.4) is 0 Å². The first kappa shape index (κ1) is 9.79. The fraction of sp³-hybridized carbons (Fsp3) is 0.818. The van der Waals surface area contributed by atoms with Crippen molar-refractivity contribution < 1.29 is 0 Å². The lowest BCUT2D eigenvalue weighted by Crippen LogP contribution is -2.22. The van der Waals surface area contributed by atoms with E-state index in [2.05, 4.69) is 31.3 Å². The molecule has 1 fully saturated rings. The van der Waals surface area contributed by atoms with E-state index in [4.69, 9.17) is 0 Å². The van der Waals surface area contributed by atoms with Gasteiger partial charge in [-0.15, -0.1) is 0 Å². The van der Waals surface area contributed by atoms with Crippen LogP contribution in [0, 0.1) is 5.92 Å². The Morgan fingerprint density at radius 1 is 1.33 bits per heavy atom. The Morgan fingerprint density at radius 3 is 2.58 bits per heavy atom. The first-order valence-corrected chi connectivity index (χ1v) is 5.19. The second-order valence-electron chi connectivity index (χ2n) is 4.04. The van der Waals surface area contributed by atoms with E-state index in [0.29, 0.717) is 6.04 Å². The monoisotopic (exact) mass is 167 g/mol. The van der Waals surface area contributed by atoms with Crippen molar-refractivity contribution >= 4 is 0 Å². The smallest absolute Gasteiger partial charge is 0.0137 e. The quantitative estimate of drug-likeness (QED) is 0.635. The van der Waals surface area contributed by atoms with E-state index in [1.165, 1.54) is 25.7 Å². The number of allylic oxidation sites excluding steroid dienone is 1. The Hall–Kier alpha value is -0.300. The highest BCUT2D eigenvalue weighted by molar-refractivity contribution is 4.92. The SMILES string of the molecule is CC(C)NCC=CC1CCCC1. The summed E-state index contributed by atoms with van der Waals surface area (Å²) in [4.78, 5) is 0. The van der Waals surface area contributed by atoms with Crippen molar-refractivity contribution in [1.82, 2.24) is 5.32 Å². The van der Waals surface area contributed by atoms with Crippen molar-refractivity contribution in [3.05, 3.63) is 12.2 Å². The van der Waals surface area contributed by atoms with E-state index < -0.39 is 0 Å². The molecule has 1 saturated carbocycles. The average Bonchev–Trinajstić information content (AvgIpc) is 2.49. The summed E-state index contributed by atoms with van der Waals surface area (Å²) in [7, 11) is 0. The Morgan fingerprint density at radius 2 is 2.00 bits per heavy atom. The van der Waals surface area contributed by atoms with Crippen LogP contribution in [0.1, 0.15) is 39.5 Å². The lowest BCUT2D eigenvalue weighted by molar-refractivity contribution is 0.626. The molecule has 0 bridgehead atoms. The molecule has 0 aromatic rings. The summed E-state index contributed by atoms with van der Waals surface area (Å²) in [6.45, 7) is 5.40. The van der Waals surface area contributed by atoms with Gasteiger partial charge in [-0.3, -0.25) is 0 Å². The molecule has 0 unspecified atom stereocenters. The van der Waals surface area contributed by atoms with Gasteiger partial charge in [0, 0.05) is 12.6 Å². The lowest BCUT2D eigenvalue weighted by Gasteiger charge is -2.04. The van der Waals surface area contributed by atoms with Crippen LogP contribution in [-0.2, 0) is 0 Å². The third-order valence-electron chi connectivity index (χ3n) is 2.45. The van der Waals surface area contributed by atoms with Gasteiger partial charge in [0.15, 0.2) is 0 Å². The summed E-state index contributed by atoms with van der Waals surface area (Å²) in [5.74, 6) is 0.888. The molecule has 1 heteroatoms. The maximum absolute atomic E-state index is 3.38. The molecule has 1 rings (SSSR count). The zero-order valence-corrected chi connectivity index (χ0v) is 8.34. The molecule has 1 aliphatic rings. The molecule has 70 valence electrons. The van der Waals surface area contributed by atoms with Gasteiger partial charge in [0.05, 0.1) is 0 Å². The fourth-order valence-corrected chi connectivity index (χ4v) is 1.71. The molecule has 0 aromatic heterocycles. The standard InChI is InChI=1S/C11H21N/c1-10(2)12-9-5-8-11-6-3-4-7-11/h5,8,10-12H,3-4,6-7,9H2,1-2H3. The Kier molecular flexibility index (Phi) is 4.37. The molecule has 1 N–H and O–H groups in total. The number of hydrogen-bond acceptors (Lipinski definition) is 1. The summed E-state index contributed by atoms with van der Waals surface area (Å²) in [5, 5.41) is 3.38. The second kappa shape index (κ2) is 5.36. The fourth-order valence-electron chi connectivity index (χ4n) is 1.71. The molecule has 0 radical (unpaired) electrons. The van der Waals surface area contributed by atoms with Crippen molar-refractivity contribution in [2.75, 3.05) is 6.54 Å². The summed E-state index contributed by atoms with van der Waals surface area (Å²) < 4.78 is 0. The first-order valence-electron chi connectivity index (χ1n) is 5.19. The average molecular weight is 167 g/mol. The third kappa shape index (κ3) is 3.91. The lowest BCUT2D eigenvalue weighted by atomic mass is 10.1. The van der Waals surface area contributed by atoms with Crippen molar-refractivity contribution in [2.45, 2.75) is 45.6 Å².